The van der Waals surface area contributed by atoms with Crippen molar-refractivity contribution in [2.24, 2.45) is 0 Å². The van der Waals surface area contributed by atoms with Gasteiger partial charge < -0.3 is 9.05 Å². The maximum Gasteiger partial charge on any atom is 0.361 e. The third-order valence-electron chi connectivity index (χ3n) is 3.18. The molecule has 1 aromatic carbocycles. The van der Waals surface area contributed by atoms with Gasteiger partial charge in [-0.05, 0) is 38.3 Å². The molecule has 0 spiro atoms. The van der Waals surface area contributed by atoms with Crippen LogP contribution in [0.2, 0.25) is 0 Å². The van der Waals surface area contributed by atoms with Crippen molar-refractivity contribution in [2.75, 3.05) is 13.2 Å². The number of hydrogen-bond acceptors (Lipinski definition) is 3. The van der Waals surface area contributed by atoms with Gasteiger partial charge in [-0.15, -0.1) is 0 Å². The molecule has 3 nitrogen and oxygen atoms in total. The van der Waals surface area contributed by atoms with Crippen molar-refractivity contribution in [2.45, 2.75) is 52.9 Å². The summed E-state index contributed by atoms with van der Waals surface area (Å²) in [6.45, 7) is 6.67. The molecule has 0 aliphatic heterocycles. The smallest absolute Gasteiger partial charge is 0.305 e. The van der Waals surface area contributed by atoms with Crippen LogP contribution in [0.4, 0.5) is 0 Å². The first-order valence-corrected chi connectivity index (χ1v) is 9.19. The molecule has 0 aromatic heterocycles. The lowest BCUT2D eigenvalue weighted by Crippen LogP contribution is -2.15. The van der Waals surface area contributed by atoms with E-state index < -0.39 is 7.60 Å². The average Bonchev–Trinajstić information content (AvgIpc) is 2.44. The molecule has 114 valence electrons. The minimum Gasteiger partial charge on any atom is -0.305 e. The Morgan fingerprint density at radius 1 is 0.950 bits per heavy atom. The predicted molar refractivity (Wildman–Crippen MR) is 84.8 cm³/mol. The maximum absolute atomic E-state index is 12.9. The quantitative estimate of drug-likeness (QED) is 0.464. The SMILES string of the molecule is CCCCCCc1ccccc1P(=O)(OCC)OCC. The number of benzene rings is 1. The highest BCUT2D eigenvalue weighted by molar-refractivity contribution is 7.62. The van der Waals surface area contributed by atoms with Crippen LogP contribution >= 0.6 is 7.60 Å². The minimum atomic E-state index is -3.16. The standard InChI is InChI=1S/C16H27O3P/c1-4-7-8-9-12-15-13-10-11-14-16(15)20(17,18-5-2)19-6-3/h10-11,13-14H,4-9,12H2,1-3H3. The van der Waals surface area contributed by atoms with E-state index in [-0.39, 0.29) is 0 Å². The van der Waals surface area contributed by atoms with Gasteiger partial charge >= 0.3 is 7.60 Å². The molecule has 0 N–H and O–H groups in total. The lowest BCUT2D eigenvalue weighted by atomic mass is 10.1. The molecule has 0 unspecified atom stereocenters. The normalized spacial score (nSPS) is 11.8. The Morgan fingerprint density at radius 3 is 2.20 bits per heavy atom. The Labute approximate surface area is 123 Å². The third-order valence-corrected chi connectivity index (χ3v) is 5.41. The minimum absolute atomic E-state index is 0.390. The zero-order valence-electron chi connectivity index (χ0n) is 12.9. The highest BCUT2D eigenvalue weighted by atomic mass is 31.2. The monoisotopic (exact) mass is 298 g/mol. The molecule has 0 aliphatic rings. The topological polar surface area (TPSA) is 35.5 Å². The van der Waals surface area contributed by atoms with Crippen LogP contribution in [0.5, 0.6) is 0 Å². The van der Waals surface area contributed by atoms with E-state index in [1.807, 2.05) is 38.1 Å². The molecule has 0 bridgehead atoms. The molecule has 0 radical (unpaired) electrons. The fourth-order valence-corrected chi connectivity index (χ4v) is 4.09. The summed E-state index contributed by atoms with van der Waals surface area (Å²) in [4.78, 5) is 0. The van der Waals surface area contributed by atoms with Gasteiger partial charge in [-0.2, -0.15) is 0 Å². The molecule has 0 amide bonds. The van der Waals surface area contributed by atoms with Crippen LogP contribution in [0, 0.1) is 0 Å². The fourth-order valence-electron chi connectivity index (χ4n) is 2.25. The lowest BCUT2D eigenvalue weighted by Gasteiger charge is -2.20. The first kappa shape index (κ1) is 17.4. The fraction of sp³-hybridized carbons (Fsp3) is 0.625. The van der Waals surface area contributed by atoms with Crippen molar-refractivity contribution >= 4 is 12.9 Å². The Kier molecular flexibility index (Phi) is 8.13. The Hall–Kier alpha value is -0.630. The van der Waals surface area contributed by atoms with Crippen molar-refractivity contribution in [1.29, 1.82) is 0 Å². The summed E-state index contributed by atoms with van der Waals surface area (Å²) in [7, 11) is -3.16. The van der Waals surface area contributed by atoms with E-state index in [0.29, 0.717) is 13.2 Å². The number of aryl methyl sites for hydroxylation is 1. The first-order chi connectivity index (χ1) is 9.68. The van der Waals surface area contributed by atoms with Crippen LogP contribution in [0.25, 0.3) is 0 Å². The van der Waals surface area contributed by atoms with Gasteiger partial charge in [-0.3, -0.25) is 4.57 Å². The molecule has 0 saturated heterocycles. The molecule has 4 heteroatoms. The van der Waals surface area contributed by atoms with Gasteiger partial charge in [-0.25, -0.2) is 0 Å². The molecule has 0 aliphatic carbocycles. The Balaban J connectivity index is 2.89. The van der Waals surface area contributed by atoms with Crippen LogP contribution in [-0.2, 0) is 20.0 Å². The van der Waals surface area contributed by atoms with Gasteiger partial charge in [0.05, 0.1) is 18.5 Å². The van der Waals surface area contributed by atoms with Gasteiger partial charge in [0.25, 0.3) is 0 Å². The summed E-state index contributed by atoms with van der Waals surface area (Å²) in [5.74, 6) is 0. The van der Waals surface area contributed by atoms with Crippen LogP contribution < -0.4 is 5.30 Å². The number of hydrogen-bond donors (Lipinski definition) is 0. The van der Waals surface area contributed by atoms with E-state index in [1.54, 1.807) is 0 Å². The molecule has 0 fully saturated rings. The summed E-state index contributed by atoms with van der Waals surface area (Å²) in [6, 6.07) is 7.80. The first-order valence-electron chi connectivity index (χ1n) is 7.65. The highest BCUT2D eigenvalue weighted by Gasteiger charge is 2.28. The van der Waals surface area contributed by atoms with Crippen LogP contribution in [0.15, 0.2) is 24.3 Å². The van der Waals surface area contributed by atoms with Crippen molar-refractivity contribution < 1.29 is 13.6 Å². The molecule has 1 rings (SSSR count). The second kappa shape index (κ2) is 9.33. The van der Waals surface area contributed by atoms with Gasteiger partial charge in [0.1, 0.15) is 0 Å². The van der Waals surface area contributed by atoms with Gasteiger partial charge in [0.2, 0.25) is 0 Å². The molecule has 0 atom stereocenters. The second-order valence-electron chi connectivity index (χ2n) is 4.77. The maximum atomic E-state index is 12.9. The lowest BCUT2D eigenvalue weighted by molar-refractivity contribution is 0.229. The second-order valence-corrected chi connectivity index (χ2v) is 6.77. The Morgan fingerprint density at radius 2 is 1.60 bits per heavy atom. The van der Waals surface area contributed by atoms with E-state index in [9.17, 15) is 4.57 Å². The van der Waals surface area contributed by atoms with E-state index >= 15 is 0 Å². The van der Waals surface area contributed by atoms with Gasteiger partial charge in [0.15, 0.2) is 0 Å². The third kappa shape index (κ3) is 5.05. The molecule has 0 saturated carbocycles. The van der Waals surface area contributed by atoms with Crippen molar-refractivity contribution in [3.05, 3.63) is 29.8 Å². The van der Waals surface area contributed by atoms with E-state index in [0.717, 1.165) is 23.7 Å². The zero-order chi connectivity index (χ0) is 14.8. The van der Waals surface area contributed by atoms with Crippen LogP contribution in [-0.4, -0.2) is 13.2 Å². The number of rotatable bonds is 10. The molecule has 0 heterocycles. The summed E-state index contributed by atoms with van der Waals surface area (Å²) in [6.07, 6.45) is 5.72. The number of unbranched alkanes of at least 4 members (excludes halogenated alkanes) is 3. The van der Waals surface area contributed by atoms with Crippen molar-refractivity contribution in [3.63, 3.8) is 0 Å². The van der Waals surface area contributed by atoms with Crippen LogP contribution in [0.1, 0.15) is 52.0 Å². The molecular weight excluding hydrogens is 271 g/mol. The average molecular weight is 298 g/mol. The van der Waals surface area contributed by atoms with Gasteiger partial charge in [-0.1, -0.05) is 44.4 Å². The van der Waals surface area contributed by atoms with Gasteiger partial charge in [0, 0.05) is 0 Å². The van der Waals surface area contributed by atoms with Crippen molar-refractivity contribution in [1.82, 2.24) is 0 Å². The summed E-state index contributed by atoms with van der Waals surface area (Å²) < 4.78 is 23.8. The summed E-state index contributed by atoms with van der Waals surface area (Å²) in [5.41, 5.74) is 1.09. The van der Waals surface area contributed by atoms with E-state index in [4.69, 9.17) is 9.05 Å². The molecule has 1 aromatic rings. The molecule has 20 heavy (non-hydrogen) atoms. The summed E-state index contributed by atoms with van der Waals surface area (Å²) >= 11 is 0. The largest absolute Gasteiger partial charge is 0.361 e. The van der Waals surface area contributed by atoms with E-state index in [1.165, 1.54) is 19.3 Å². The Bertz CT molecular complexity index is 421. The van der Waals surface area contributed by atoms with E-state index in [2.05, 4.69) is 6.92 Å². The predicted octanol–water partition coefficient (Wildman–Crippen LogP) is 4.70. The van der Waals surface area contributed by atoms with Crippen LogP contribution in [0.3, 0.4) is 0 Å². The summed E-state index contributed by atoms with van der Waals surface area (Å²) in [5, 5.41) is 0.736. The molecular formula is C16H27O3P. The van der Waals surface area contributed by atoms with Crippen molar-refractivity contribution in [3.8, 4) is 0 Å². The zero-order valence-corrected chi connectivity index (χ0v) is 13.8. The highest BCUT2D eigenvalue weighted by Crippen LogP contribution is 2.47.